The number of hydrogen-bond donors (Lipinski definition) is 2. The van der Waals surface area contributed by atoms with Crippen LogP contribution in [0.15, 0.2) is 65.9 Å². The molecule has 0 atom stereocenters. The summed E-state index contributed by atoms with van der Waals surface area (Å²) in [6.45, 7) is 1.92. The van der Waals surface area contributed by atoms with Gasteiger partial charge in [0.25, 0.3) is 0 Å². The van der Waals surface area contributed by atoms with Crippen molar-refractivity contribution in [2.45, 2.75) is 6.92 Å². The van der Waals surface area contributed by atoms with E-state index in [-0.39, 0.29) is 5.78 Å². The Morgan fingerprint density at radius 2 is 1.75 bits per heavy atom. The van der Waals surface area contributed by atoms with Crippen LogP contribution < -0.4 is 14.8 Å². The van der Waals surface area contributed by atoms with Crippen molar-refractivity contribution in [3.8, 4) is 5.75 Å². The fourth-order valence-corrected chi connectivity index (χ4v) is 2.98. The van der Waals surface area contributed by atoms with Gasteiger partial charge in [-0.15, -0.1) is 0 Å². The molecular weight excluding hydrogens is 320 g/mol. The van der Waals surface area contributed by atoms with Crippen LogP contribution in [0, 0.1) is 0 Å². The third kappa shape index (κ3) is 4.80. The first-order valence-electron chi connectivity index (χ1n) is 7.64. The molecule has 2 aromatic carbocycles. The summed E-state index contributed by atoms with van der Waals surface area (Å²) in [6.07, 6.45) is 0. The lowest BCUT2D eigenvalue weighted by Crippen LogP contribution is -2.15. The van der Waals surface area contributed by atoms with Crippen molar-refractivity contribution in [2.75, 3.05) is 24.6 Å². The van der Waals surface area contributed by atoms with E-state index in [0.29, 0.717) is 11.3 Å². The first-order valence-corrected chi connectivity index (χ1v) is 8.63. The SMILES string of the molecule is CNC(C)=C(CSNc1ccc(OC)cc1)C(=O)c1ccccc1. The summed E-state index contributed by atoms with van der Waals surface area (Å²) in [6, 6.07) is 17.0. The second kappa shape index (κ2) is 9.03. The minimum absolute atomic E-state index is 0.0477. The molecule has 0 saturated carbocycles. The number of allylic oxidation sites excluding steroid dienone is 1. The largest absolute Gasteiger partial charge is 0.497 e. The molecule has 4 nitrogen and oxygen atoms in total. The monoisotopic (exact) mass is 342 g/mol. The topological polar surface area (TPSA) is 50.4 Å². The minimum atomic E-state index is 0.0477. The number of methoxy groups -OCH3 is 1. The van der Waals surface area contributed by atoms with Crippen molar-refractivity contribution in [3.05, 3.63) is 71.4 Å². The van der Waals surface area contributed by atoms with Crippen LogP contribution in [0.2, 0.25) is 0 Å². The van der Waals surface area contributed by atoms with Crippen LogP contribution in [0.5, 0.6) is 5.75 Å². The summed E-state index contributed by atoms with van der Waals surface area (Å²) in [7, 11) is 3.47. The molecule has 2 rings (SSSR count). The van der Waals surface area contributed by atoms with Gasteiger partial charge in [-0.3, -0.25) is 4.79 Å². The van der Waals surface area contributed by atoms with Crippen LogP contribution in [0.25, 0.3) is 0 Å². The van der Waals surface area contributed by atoms with Gasteiger partial charge in [-0.2, -0.15) is 0 Å². The third-order valence-corrected chi connectivity index (χ3v) is 4.45. The number of ether oxygens (including phenoxy) is 1. The molecule has 126 valence electrons. The fourth-order valence-electron chi connectivity index (χ4n) is 2.11. The molecular formula is C19H22N2O2S. The first-order chi connectivity index (χ1) is 11.7. The highest BCUT2D eigenvalue weighted by atomic mass is 32.2. The smallest absolute Gasteiger partial charge is 0.191 e. The van der Waals surface area contributed by atoms with Crippen LogP contribution in [0.3, 0.4) is 0 Å². The molecule has 0 aliphatic rings. The van der Waals surface area contributed by atoms with Crippen molar-refractivity contribution in [1.29, 1.82) is 0 Å². The van der Waals surface area contributed by atoms with Gasteiger partial charge in [-0.05, 0) is 43.1 Å². The van der Waals surface area contributed by atoms with Crippen LogP contribution >= 0.6 is 11.9 Å². The van der Waals surface area contributed by atoms with Gasteiger partial charge >= 0.3 is 0 Å². The molecule has 0 spiro atoms. The van der Waals surface area contributed by atoms with Gasteiger partial charge in [-0.25, -0.2) is 0 Å². The summed E-state index contributed by atoms with van der Waals surface area (Å²) < 4.78 is 8.40. The summed E-state index contributed by atoms with van der Waals surface area (Å²) in [5.74, 6) is 1.43. The van der Waals surface area contributed by atoms with Crippen molar-refractivity contribution < 1.29 is 9.53 Å². The van der Waals surface area contributed by atoms with Crippen LogP contribution in [0.4, 0.5) is 5.69 Å². The quantitative estimate of drug-likeness (QED) is 0.429. The molecule has 0 unspecified atom stereocenters. The third-order valence-electron chi connectivity index (χ3n) is 3.63. The zero-order valence-electron chi connectivity index (χ0n) is 14.1. The lowest BCUT2D eigenvalue weighted by molar-refractivity contribution is 0.103. The summed E-state index contributed by atoms with van der Waals surface area (Å²) in [5, 5.41) is 3.08. The van der Waals surface area contributed by atoms with Crippen molar-refractivity contribution in [3.63, 3.8) is 0 Å². The number of ketones is 1. The normalized spacial score (nSPS) is 11.5. The minimum Gasteiger partial charge on any atom is -0.497 e. The number of carbonyl (C=O) groups excluding carboxylic acids is 1. The predicted molar refractivity (Wildman–Crippen MR) is 102 cm³/mol. The fraction of sp³-hybridized carbons (Fsp3) is 0.211. The van der Waals surface area contributed by atoms with Crippen LogP contribution in [-0.4, -0.2) is 25.7 Å². The van der Waals surface area contributed by atoms with Gasteiger partial charge in [0.2, 0.25) is 0 Å². The highest BCUT2D eigenvalue weighted by Crippen LogP contribution is 2.21. The number of anilines is 1. The number of hydrogen-bond acceptors (Lipinski definition) is 5. The number of benzene rings is 2. The number of nitrogens with one attached hydrogen (secondary N) is 2. The van der Waals surface area contributed by atoms with E-state index in [2.05, 4.69) is 10.0 Å². The Morgan fingerprint density at radius 3 is 2.33 bits per heavy atom. The Balaban J connectivity index is 2.03. The Labute approximate surface area is 147 Å². The van der Waals surface area contributed by atoms with E-state index in [0.717, 1.165) is 22.7 Å². The van der Waals surface area contributed by atoms with Crippen molar-refractivity contribution in [2.24, 2.45) is 0 Å². The maximum absolute atomic E-state index is 12.7. The standard InChI is InChI=1S/C19H22N2O2S/c1-14(20-2)18(19(22)15-7-5-4-6-8-15)13-24-21-16-9-11-17(23-3)12-10-16/h4-12,20-21H,13H2,1-3H3. The van der Waals surface area contributed by atoms with E-state index in [9.17, 15) is 4.79 Å². The van der Waals surface area contributed by atoms with E-state index in [1.807, 2.05) is 68.6 Å². The Morgan fingerprint density at radius 1 is 1.08 bits per heavy atom. The molecule has 0 aliphatic heterocycles. The highest BCUT2D eigenvalue weighted by Gasteiger charge is 2.15. The summed E-state index contributed by atoms with van der Waals surface area (Å²) in [4.78, 5) is 12.7. The number of rotatable bonds is 8. The van der Waals surface area contributed by atoms with Gasteiger partial charge in [0.15, 0.2) is 5.78 Å². The lowest BCUT2D eigenvalue weighted by Gasteiger charge is -2.12. The van der Waals surface area contributed by atoms with E-state index in [1.165, 1.54) is 11.9 Å². The Hall–Kier alpha value is -2.40. The van der Waals surface area contributed by atoms with Gasteiger partial charge in [0.05, 0.1) is 7.11 Å². The van der Waals surface area contributed by atoms with Crippen LogP contribution in [-0.2, 0) is 0 Å². The molecule has 0 fully saturated rings. The second-order valence-corrected chi connectivity index (χ2v) is 5.95. The van der Waals surface area contributed by atoms with E-state index in [1.54, 1.807) is 7.11 Å². The zero-order valence-corrected chi connectivity index (χ0v) is 14.9. The molecule has 24 heavy (non-hydrogen) atoms. The molecule has 0 aliphatic carbocycles. The maximum atomic E-state index is 12.7. The Bertz CT molecular complexity index is 697. The second-order valence-electron chi connectivity index (χ2n) is 5.17. The van der Waals surface area contributed by atoms with E-state index >= 15 is 0 Å². The molecule has 0 radical (unpaired) electrons. The average Bonchev–Trinajstić information content (AvgIpc) is 2.65. The summed E-state index contributed by atoms with van der Waals surface area (Å²) in [5.41, 5.74) is 3.31. The van der Waals surface area contributed by atoms with Crippen LogP contribution in [0.1, 0.15) is 17.3 Å². The van der Waals surface area contributed by atoms with E-state index < -0.39 is 0 Å². The van der Waals surface area contributed by atoms with Gasteiger partial charge in [0, 0.05) is 35.3 Å². The molecule has 0 saturated heterocycles. The molecule has 0 heterocycles. The van der Waals surface area contributed by atoms with Crippen molar-refractivity contribution >= 4 is 23.4 Å². The first kappa shape index (κ1) is 17.9. The molecule has 5 heteroatoms. The van der Waals surface area contributed by atoms with Gasteiger partial charge < -0.3 is 14.8 Å². The molecule has 0 aromatic heterocycles. The number of carbonyl (C=O) groups is 1. The maximum Gasteiger partial charge on any atom is 0.191 e. The Kier molecular flexibility index (Phi) is 6.75. The zero-order chi connectivity index (χ0) is 17.4. The average molecular weight is 342 g/mol. The van der Waals surface area contributed by atoms with Gasteiger partial charge in [-0.1, -0.05) is 30.3 Å². The van der Waals surface area contributed by atoms with E-state index in [4.69, 9.17) is 4.74 Å². The molecule has 0 bridgehead atoms. The molecule has 2 N–H and O–H groups in total. The highest BCUT2D eigenvalue weighted by molar-refractivity contribution is 8.00. The predicted octanol–water partition coefficient (Wildman–Crippen LogP) is 4.13. The lowest BCUT2D eigenvalue weighted by atomic mass is 10.0. The van der Waals surface area contributed by atoms with Crippen molar-refractivity contribution in [1.82, 2.24) is 5.32 Å². The number of Topliss-reactive ketones (excluding diaryl/α,β-unsaturated/α-hetero) is 1. The van der Waals surface area contributed by atoms with Gasteiger partial charge in [0.1, 0.15) is 5.75 Å². The molecule has 0 amide bonds. The molecule has 2 aromatic rings. The summed E-state index contributed by atoms with van der Waals surface area (Å²) >= 11 is 1.49.